The first-order valence-electron chi connectivity index (χ1n) is 9.72. The molecule has 0 N–H and O–H groups in total. The minimum absolute atomic E-state index is 0.277. The molecule has 0 atom stereocenters. The third-order valence-electron chi connectivity index (χ3n) is 4.84. The van der Waals surface area contributed by atoms with Crippen molar-refractivity contribution in [2.45, 2.75) is 20.0 Å². The van der Waals surface area contributed by atoms with Gasteiger partial charge in [-0.3, -0.25) is 0 Å². The van der Waals surface area contributed by atoms with Crippen molar-refractivity contribution in [3.8, 4) is 11.4 Å². The first-order chi connectivity index (χ1) is 14.2. The minimum atomic E-state index is -0.277. The summed E-state index contributed by atoms with van der Waals surface area (Å²) < 4.78 is 10.6. The molecule has 1 fully saturated rings. The summed E-state index contributed by atoms with van der Waals surface area (Å²) in [7, 11) is 0. The third kappa shape index (κ3) is 4.53. The normalized spacial score (nSPS) is 14.1. The largest absolute Gasteiger partial charge is 0.445 e. The molecular weight excluding hydrogens is 370 g/mol. The number of benzene rings is 1. The Morgan fingerprint density at radius 3 is 2.55 bits per heavy atom. The molecule has 0 unspecified atom stereocenters. The number of hydrogen-bond donors (Lipinski definition) is 0. The van der Waals surface area contributed by atoms with Crippen molar-refractivity contribution in [2.24, 2.45) is 0 Å². The summed E-state index contributed by atoms with van der Waals surface area (Å²) in [5.41, 5.74) is 1.80. The Morgan fingerprint density at radius 2 is 1.90 bits per heavy atom. The van der Waals surface area contributed by atoms with Crippen LogP contribution in [0.3, 0.4) is 0 Å². The van der Waals surface area contributed by atoms with E-state index in [1.807, 2.05) is 49.4 Å². The molecular formula is C21H23N5O3. The molecule has 1 saturated heterocycles. The number of rotatable bonds is 5. The zero-order valence-electron chi connectivity index (χ0n) is 16.3. The van der Waals surface area contributed by atoms with Crippen LogP contribution in [0, 0.1) is 0 Å². The van der Waals surface area contributed by atoms with Crippen molar-refractivity contribution in [1.82, 2.24) is 20.0 Å². The fraction of sp³-hybridized carbons (Fsp3) is 0.333. The molecule has 29 heavy (non-hydrogen) atoms. The van der Waals surface area contributed by atoms with E-state index in [-0.39, 0.29) is 6.09 Å². The molecule has 1 amide bonds. The van der Waals surface area contributed by atoms with E-state index in [1.54, 1.807) is 11.1 Å². The van der Waals surface area contributed by atoms with E-state index < -0.39 is 0 Å². The van der Waals surface area contributed by atoms with E-state index in [0.717, 1.165) is 16.9 Å². The molecule has 0 bridgehead atoms. The summed E-state index contributed by atoms with van der Waals surface area (Å²) in [5, 5.41) is 3.97. The number of anilines is 1. The van der Waals surface area contributed by atoms with Gasteiger partial charge in [-0.15, -0.1) is 0 Å². The van der Waals surface area contributed by atoms with E-state index in [1.165, 1.54) is 0 Å². The molecule has 0 aliphatic carbocycles. The molecule has 3 heterocycles. The topological polar surface area (TPSA) is 84.6 Å². The van der Waals surface area contributed by atoms with Crippen molar-refractivity contribution >= 4 is 11.9 Å². The highest BCUT2D eigenvalue weighted by atomic mass is 16.6. The number of carbonyl (C=O) groups excluding carboxylic acids is 1. The molecule has 8 nitrogen and oxygen atoms in total. The van der Waals surface area contributed by atoms with Crippen LogP contribution < -0.4 is 4.90 Å². The fourth-order valence-electron chi connectivity index (χ4n) is 3.15. The lowest BCUT2D eigenvalue weighted by molar-refractivity contribution is 0.0941. The summed E-state index contributed by atoms with van der Waals surface area (Å²) in [6.07, 6.45) is 2.18. The number of ether oxygens (including phenoxy) is 1. The molecule has 0 spiro atoms. The Morgan fingerprint density at radius 1 is 1.10 bits per heavy atom. The summed E-state index contributed by atoms with van der Waals surface area (Å²) in [6, 6.07) is 13.6. The number of carbonyl (C=O) groups is 1. The molecule has 1 aliphatic heterocycles. The van der Waals surface area contributed by atoms with E-state index in [9.17, 15) is 4.79 Å². The Balaban J connectivity index is 1.29. The zero-order valence-corrected chi connectivity index (χ0v) is 16.3. The van der Waals surface area contributed by atoms with Gasteiger partial charge < -0.3 is 19.1 Å². The predicted molar refractivity (Wildman–Crippen MR) is 107 cm³/mol. The summed E-state index contributed by atoms with van der Waals surface area (Å²) in [6.45, 7) is 4.86. The monoisotopic (exact) mass is 393 g/mol. The Bertz CT molecular complexity index is 934. The van der Waals surface area contributed by atoms with Crippen molar-refractivity contribution in [3.63, 3.8) is 0 Å². The second kappa shape index (κ2) is 8.72. The van der Waals surface area contributed by atoms with Gasteiger partial charge in [0.1, 0.15) is 12.4 Å². The van der Waals surface area contributed by atoms with Crippen molar-refractivity contribution < 1.29 is 14.1 Å². The molecule has 2 aromatic heterocycles. The molecule has 0 saturated carbocycles. The first-order valence-corrected chi connectivity index (χ1v) is 9.72. The number of aryl methyl sites for hydroxylation is 1. The van der Waals surface area contributed by atoms with Crippen LogP contribution in [0.4, 0.5) is 10.6 Å². The van der Waals surface area contributed by atoms with Gasteiger partial charge >= 0.3 is 6.09 Å². The molecule has 1 aliphatic rings. The molecule has 0 radical (unpaired) electrons. The molecule has 8 heteroatoms. The van der Waals surface area contributed by atoms with Crippen LogP contribution in [-0.2, 0) is 17.8 Å². The zero-order chi connectivity index (χ0) is 20.1. The maximum Gasteiger partial charge on any atom is 0.410 e. The summed E-state index contributed by atoms with van der Waals surface area (Å²) in [4.78, 5) is 25.0. The molecule has 1 aromatic carbocycles. The Kier molecular flexibility index (Phi) is 5.69. The van der Waals surface area contributed by atoms with Gasteiger partial charge in [0, 0.05) is 44.4 Å². The number of piperazine rings is 1. The van der Waals surface area contributed by atoms with Gasteiger partial charge in [0.25, 0.3) is 0 Å². The van der Waals surface area contributed by atoms with Gasteiger partial charge in [-0.2, -0.15) is 4.98 Å². The quantitative estimate of drug-likeness (QED) is 0.658. The summed E-state index contributed by atoms with van der Waals surface area (Å²) in [5.74, 6) is 2.02. The highest BCUT2D eigenvalue weighted by Crippen LogP contribution is 2.20. The van der Waals surface area contributed by atoms with E-state index in [4.69, 9.17) is 9.26 Å². The number of hydrogen-bond acceptors (Lipinski definition) is 7. The number of nitrogens with zero attached hydrogens (tertiary/aromatic N) is 5. The summed E-state index contributed by atoms with van der Waals surface area (Å²) >= 11 is 0. The fourth-order valence-corrected chi connectivity index (χ4v) is 3.15. The minimum Gasteiger partial charge on any atom is -0.445 e. The van der Waals surface area contributed by atoms with Crippen LogP contribution >= 0.6 is 0 Å². The van der Waals surface area contributed by atoms with Gasteiger partial charge in [-0.1, -0.05) is 42.4 Å². The smallest absolute Gasteiger partial charge is 0.410 e. The lowest BCUT2D eigenvalue weighted by Crippen LogP contribution is -2.49. The van der Waals surface area contributed by atoms with Gasteiger partial charge in [0.2, 0.25) is 11.7 Å². The molecule has 3 aromatic rings. The van der Waals surface area contributed by atoms with Crippen LogP contribution in [0.1, 0.15) is 18.4 Å². The first kappa shape index (κ1) is 18.9. The second-order valence-corrected chi connectivity index (χ2v) is 6.78. The second-order valence-electron chi connectivity index (χ2n) is 6.78. The number of pyridine rings is 1. The maximum absolute atomic E-state index is 12.3. The van der Waals surface area contributed by atoms with Crippen LogP contribution in [0.15, 0.2) is 53.2 Å². The van der Waals surface area contributed by atoms with Crippen LogP contribution in [-0.4, -0.2) is 52.3 Å². The standard InChI is InChI=1S/C21H23N5O3/c1-2-19-23-20(24-29-19)17-8-9-18(22-14-17)25-10-12-26(13-11-25)21(27)28-15-16-6-4-3-5-7-16/h3-9,14H,2,10-13,15H2,1H3. The maximum atomic E-state index is 12.3. The molecule has 150 valence electrons. The van der Waals surface area contributed by atoms with Crippen LogP contribution in [0.2, 0.25) is 0 Å². The highest BCUT2D eigenvalue weighted by molar-refractivity contribution is 5.68. The third-order valence-corrected chi connectivity index (χ3v) is 4.84. The van der Waals surface area contributed by atoms with Gasteiger partial charge in [0.05, 0.1) is 0 Å². The average molecular weight is 393 g/mol. The van der Waals surface area contributed by atoms with E-state index in [2.05, 4.69) is 20.0 Å². The van der Waals surface area contributed by atoms with Crippen molar-refractivity contribution in [1.29, 1.82) is 0 Å². The number of aromatic nitrogens is 3. The van der Waals surface area contributed by atoms with E-state index in [0.29, 0.717) is 50.9 Å². The Hall–Kier alpha value is -3.42. The van der Waals surface area contributed by atoms with Gasteiger partial charge in [0.15, 0.2) is 0 Å². The number of amides is 1. The lowest BCUT2D eigenvalue weighted by atomic mass is 10.2. The van der Waals surface area contributed by atoms with Gasteiger partial charge in [-0.25, -0.2) is 9.78 Å². The van der Waals surface area contributed by atoms with Crippen molar-refractivity contribution in [2.75, 3.05) is 31.1 Å². The SMILES string of the molecule is CCc1nc(-c2ccc(N3CCN(C(=O)OCc4ccccc4)CC3)nc2)no1. The lowest BCUT2D eigenvalue weighted by Gasteiger charge is -2.34. The highest BCUT2D eigenvalue weighted by Gasteiger charge is 2.23. The average Bonchev–Trinajstić information content (AvgIpc) is 3.28. The van der Waals surface area contributed by atoms with Crippen LogP contribution in [0.5, 0.6) is 0 Å². The van der Waals surface area contributed by atoms with Crippen LogP contribution in [0.25, 0.3) is 11.4 Å². The Labute approximate surface area is 169 Å². The van der Waals surface area contributed by atoms with Gasteiger partial charge in [-0.05, 0) is 17.7 Å². The predicted octanol–water partition coefficient (Wildman–Crippen LogP) is 3.15. The van der Waals surface area contributed by atoms with Crippen molar-refractivity contribution in [3.05, 3.63) is 60.1 Å². The van der Waals surface area contributed by atoms with E-state index >= 15 is 0 Å². The molecule has 4 rings (SSSR count).